The number of aliphatic hydroxyl groups is 1. The standard InChI is InChI=1S/C17H24O2.C12H16O.C5H10O2/c1-17(2,3)16(18)19-15-11-9-14(10-12-15)13-7-5-4-6-8-13;13-12-8-6-11(7-9-12)10-4-2-1-3-5-10;1-5(2,3)4(6)7/h4-8,14-15H,9-12H2,1-3H3;1-5,11-13H,6-9H2;1-3H3,(H,6,7). The molecule has 0 aliphatic heterocycles. The fourth-order valence-corrected chi connectivity index (χ4v) is 4.70. The van der Waals surface area contributed by atoms with Gasteiger partial charge >= 0.3 is 11.9 Å². The molecule has 5 nitrogen and oxygen atoms in total. The first kappa shape index (κ1) is 32.6. The lowest BCUT2D eigenvalue weighted by atomic mass is 9.82. The molecule has 0 aromatic heterocycles. The molecule has 5 heteroatoms. The van der Waals surface area contributed by atoms with E-state index in [0.717, 1.165) is 51.4 Å². The van der Waals surface area contributed by atoms with Crippen molar-refractivity contribution in [2.24, 2.45) is 10.8 Å². The van der Waals surface area contributed by atoms with Gasteiger partial charge in [0.2, 0.25) is 0 Å². The van der Waals surface area contributed by atoms with Gasteiger partial charge in [-0.2, -0.15) is 0 Å². The van der Waals surface area contributed by atoms with Crippen LogP contribution in [0.2, 0.25) is 0 Å². The number of aliphatic carboxylic acids is 1. The number of carboxylic acids is 1. The van der Waals surface area contributed by atoms with Gasteiger partial charge in [-0.1, -0.05) is 60.7 Å². The van der Waals surface area contributed by atoms with E-state index >= 15 is 0 Å². The normalized spacial score (nSPS) is 23.3. The molecule has 0 unspecified atom stereocenters. The van der Waals surface area contributed by atoms with Gasteiger partial charge in [0.05, 0.1) is 16.9 Å². The zero-order valence-corrected chi connectivity index (χ0v) is 24.9. The quantitative estimate of drug-likeness (QED) is 0.386. The summed E-state index contributed by atoms with van der Waals surface area (Å²) in [7, 11) is 0. The van der Waals surface area contributed by atoms with Crippen LogP contribution in [-0.2, 0) is 14.3 Å². The highest BCUT2D eigenvalue weighted by Crippen LogP contribution is 2.35. The number of aliphatic hydroxyl groups excluding tert-OH is 1. The number of hydrogen-bond acceptors (Lipinski definition) is 4. The van der Waals surface area contributed by atoms with Crippen molar-refractivity contribution in [2.75, 3.05) is 0 Å². The highest BCUT2D eigenvalue weighted by atomic mass is 16.5. The number of carbonyl (C=O) groups excluding carboxylic acids is 1. The predicted molar refractivity (Wildman–Crippen MR) is 158 cm³/mol. The maximum Gasteiger partial charge on any atom is 0.311 e. The third kappa shape index (κ3) is 11.9. The van der Waals surface area contributed by atoms with E-state index in [1.807, 2.05) is 20.8 Å². The highest BCUT2D eigenvalue weighted by Gasteiger charge is 2.29. The van der Waals surface area contributed by atoms with E-state index in [4.69, 9.17) is 9.84 Å². The van der Waals surface area contributed by atoms with Gasteiger partial charge in [-0.05, 0) is 116 Å². The molecule has 2 aromatic carbocycles. The minimum absolute atomic E-state index is 0.0417. The van der Waals surface area contributed by atoms with Crippen molar-refractivity contribution in [3.8, 4) is 0 Å². The van der Waals surface area contributed by atoms with E-state index in [1.165, 1.54) is 11.1 Å². The number of hydrogen-bond donors (Lipinski definition) is 2. The Balaban J connectivity index is 0.000000230. The number of rotatable bonds is 3. The molecule has 4 rings (SSSR count). The van der Waals surface area contributed by atoms with E-state index < -0.39 is 16.8 Å². The van der Waals surface area contributed by atoms with Gasteiger partial charge in [0.15, 0.2) is 0 Å². The Hall–Kier alpha value is -2.66. The Morgan fingerprint density at radius 2 is 1.00 bits per heavy atom. The second-order valence-electron chi connectivity index (χ2n) is 13.0. The van der Waals surface area contributed by atoms with Crippen LogP contribution < -0.4 is 0 Å². The van der Waals surface area contributed by atoms with Crippen LogP contribution >= 0.6 is 0 Å². The fraction of sp³-hybridized carbons (Fsp3) is 0.588. The molecule has 2 aliphatic carbocycles. The Morgan fingerprint density at radius 3 is 1.33 bits per heavy atom. The van der Waals surface area contributed by atoms with Crippen LogP contribution in [-0.4, -0.2) is 34.4 Å². The summed E-state index contributed by atoms with van der Waals surface area (Å²) in [4.78, 5) is 21.9. The second kappa shape index (κ2) is 15.2. The van der Waals surface area contributed by atoms with Gasteiger partial charge in [0.1, 0.15) is 6.10 Å². The molecule has 0 spiro atoms. The van der Waals surface area contributed by atoms with Gasteiger partial charge in [-0.3, -0.25) is 9.59 Å². The number of esters is 1. The second-order valence-corrected chi connectivity index (χ2v) is 13.0. The first-order chi connectivity index (χ1) is 18.3. The Morgan fingerprint density at radius 1 is 0.641 bits per heavy atom. The van der Waals surface area contributed by atoms with E-state index in [9.17, 15) is 14.7 Å². The zero-order chi connectivity index (χ0) is 29.1. The average Bonchev–Trinajstić information content (AvgIpc) is 2.90. The average molecular weight is 539 g/mol. The van der Waals surface area contributed by atoms with Crippen LogP contribution in [0.5, 0.6) is 0 Å². The zero-order valence-electron chi connectivity index (χ0n) is 24.9. The molecule has 0 amide bonds. The van der Waals surface area contributed by atoms with Crippen LogP contribution in [0.1, 0.15) is 116 Å². The number of carboxylic acid groups (broad SMARTS) is 1. The summed E-state index contributed by atoms with van der Waals surface area (Å²) in [5, 5.41) is 17.6. The first-order valence-corrected chi connectivity index (χ1v) is 14.5. The van der Waals surface area contributed by atoms with Crippen LogP contribution in [0.25, 0.3) is 0 Å². The van der Waals surface area contributed by atoms with Crippen LogP contribution in [0, 0.1) is 10.8 Å². The van der Waals surface area contributed by atoms with Crippen molar-refractivity contribution in [3.63, 3.8) is 0 Å². The molecule has 0 saturated heterocycles. The molecule has 2 aromatic rings. The SMILES string of the molecule is CC(C)(C)C(=O)O.CC(C)(C)C(=O)OC1CCC(c2ccccc2)CC1.OC1CCC(c2ccccc2)CC1. The smallest absolute Gasteiger partial charge is 0.311 e. The monoisotopic (exact) mass is 538 g/mol. The van der Waals surface area contributed by atoms with Crippen molar-refractivity contribution < 1.29 is 24.5 Å². The summed E-state index contributed by atoms with van der Waals surface area (Å²) in [6, 6.07) is 21.3. The summed E-state index contributed by atoms with van der Waals surface area (Å²) >= 11 is 0. The van der Waals surface area contributed by atoms with Gasteiger partial charge in [0.25, 0.3) is 0 Å². The van der Waals surface area contributed by atoms with Crippen LogP contribution in [0.3, 0.4) is 0 Å². The molecule has 39 heavy (non-hydrogen) atoms. The Bertz CT molecular complexity index is 972. The molecular formula is C34H50O5. The summed E-state index contributed by atoms with van der Waals surface area (Å²) in [6.45, 7) is 10.7. The number of carbonyl (C=O) groups is 2. The minimum Gasteiger partial charge on any atom is -0.481 e. The molecule has 2 aliphatic rings. The minimum atomic E-state index is -0.757. The van der Waals surface area contributed by atoms with E-state index in [0.29, 0.717) is 11.8 Å². The van der Waals surface area contributed by atoms with Gasteiger partial charge < -0.3 is 14.9 Å². The topological polar surface area (TPSA) is 83.8 Å². The Labute approximate surface area is 236 Å². The predicted octanol–water partition coefficient (Wildman–Crippen LogP) is 8.12. The summed E-state index contributed by atoms with van der Waals surface area (Å²) in [5.74, 6) is 0.485. The maximum absolute atomic E-state index is 11.9. The summed E-state index contributed by atoms with van der Waals surface area (Å²) in [5.41, 5.74) is 1.88. The maximum atomic E-state index is 11.9. The van der Waals surface area contributed by atoms with E-state index in [2.05, 4.69) is 60.7 Å². The van der Waals surface area contributed by atoms with Crippen molar-refractivity contribution in [1.82, 2.24) is 0 Å². The lowest BCUT2D eigenvalue weighted by molar-refractivity contribution is -0.160. The van der Waals surface area contributed by atoms with Crippen molar-refractivity contribution in [1.29, 1.82) is 0 Å². The molecule has 2 fully saturated rings. The fourth-order valence-electron chi connectivity index (χ4n) is 4.70. The van der Waals surface area contributed by atoms with Gasteiger partial charge in [-0.25, -0.2) is 0 Å². The molecule has 0 bridgehead atoms. The lowest BCUT2D eigenvalue weighted by Crippen LogP contribution is -2.30. The molecule has 0 radical (unpaired) electrons. The molecule has 0 heterocycles. The van der Waals surface area contributed by atoms with Gasteiger partial charge in [-0.15, -0.1) is 0 Å². The van der Waals surface area contributed by atoms with E-state index in [-0.39, 0.29) is 18.2 Å². The van der Waals surface area contributed by atoms with Gasteiger partial charge in [0, 0.05) is 0 Å². The number of ether oxygens (including phenoxy) is 1. The lowest BCUT2D eigenvalue weighted by Gasteiger charge is -2.30. The van der Waals surface area contributed by atoms with Crippen molar-refractivity contribution in [3.05, 3.63) is 71.8 Å². The summed E-state index contributed by atoms with van der Waals surface area (Å²) < 4.78 is 5.60. The first-order valence-electron chi connectivity index (χ1n) is 14.5. The molecular weight excluding hydrogens is 488 g/mol. The van der Waals surface area contributed by atoms with Crippen molar-refractivity contribution in [2.45, 2.75) is 117 Å². The third-order valence-corrected chi connectivity index (χ3v) is 7.44. The largest absolute Gasteiger partial charge is 0.481 e. The molecule has 0 atom stereocenters. The molecule has 216 valence electrons. The third-order valence-electron chi connectivity index (χ3n) is 7.44. The van der Waals surface area contributed by atoms with Crippen LogP contribution in [0.15, 0.2) is 60.7 Å². The number of benzene rings is 2. The Kier molecular flexibility index (Phi) is 12.7. The van der Waals surface area contributed by atoms with Crippen LogP contribution in [0.4, 0.5) is 0 Å². The highest BCUT2D eigenvalue weighted by molar-refractivity contribution is 5.75. The van der Waals surface area contributed by atoms with E-state index in [1.54, 1.807) is 20.8 Å². The molecule has 2 saturated carbocycles. The van der Waals surface area contributed by atoms with Crippen molar-refractivity contribution >= 4 is 11.9 Å². The molecule has 2 N–H and O–H groups in total. The summed E-state index contributed by atoms with van der Waals surface area (Å²) in [6.07, 6.45) is 8.52.